The molecule has 0 radical (unpaired) electrons. The van der Waals surface area contributed by atoms with Crippen molar-refractivity contribution in [2.24, 2.45) is 0 Å². The van der Waals surface area contributed by atoms with Crippen molar-refractivity contribution in [3.05, 3.63) is 60.2 Å². The van der Waals surface area contributed by atoms with E-state index in [0.29, 0.717) is 45.1 Å². The molecule has 0 aliphatic rings. The predicted molar refractivity (Wildman–Crippen MR) is 138 cm³/mol. The summed E-state index contributed by atoms with van der Waals surface area (Å²) in [6.07, 6.45) is 1.79. The standard InChI is InChI=1S/C27H37NO6S/c1-3-5-18-34-27(31)28(16-9-20-35-24-10-7-6-8-11-24)17-19-33-23-14-12-22(13-15-23)21-25(26(29)30)32-4-2/h6-8,10-15,25H,3-5,9,16-21H2,1-2H3,(H,29,30). The highest BCUT2D eigenvalue weighted by Crippen LogP contribution is 2.18. The molecule has 8 heteroatoms. The van der Waals surface area contributed by atoms with Crippen LogP contribution in [0.4, 0.5) is 4.79 Å². The molecular formula is C27H37NO6S. The number of carboxylic acids is 1. The van der Waals surface area contributed by atoms with Crippen LogP contribution in [-0.2, 0) is 20.7 Å². The molecule has 0 saturated heterocycles. The second kappa shape index (κ2) is 16.8. The number of rotatable bonds is 17. The van der Waals surface area contributed by atoms with E-state index >= 15 is 0 Å². The van der Waals surface area contributed by atoms with E-state index in [0.717, 1.165) is 30.6 Å². The normalized spacial score (nSPS) is 11.6. The van der Waals surface area contributed by atoms with Crippen molar-refractivity contribution in [1.29, 1.82) is 0 Å². The monoisotopic (exact) mass is 503 g/mol. The maximum atomic E-state index is 12.6. The summed E-state index contributed by atoms with van der Waals surface area (Å²) in [6, 6.07) is 17.5. The van der Waals surface area contributed by atoms with Gasteiger partial charge in [-0.05, 0) is 55.3 Å². The Bertz CT molecular complexity index is 862. The van der Waals surface area contributed by atoms with Crippen molar-refractivity contribution in [3.8, 4) is 5.75 Å². The van der Waals surface area contributed by atoms with Crippen LogP contribution in [0.5, 0.6) is 5.75 Å². The van der Waals surface area contributed by atoms with Gasteiger partial charge in [0.2, 0.25) is 0 Å². The lowest BCUT2D eigenvalue weighted by Crippen LogP contribution is -2.36. The van der Waals surface area contributed by atoms with Crippen molar-refractivity contribution in [1.82, 2.24) is 4.90 Å². The van der Waals surface area contributed by atoms with E-state index in [2.05, 4.69) is 19.1 Å². The molecule has 1 N–H and O–H groups in total. The maximum absolute atomic E-state index is 12.6. The zero-order valence-corrected chi connectivity index (χ0v) is 21.5. The van der Waals surface area contributed by atoms with Crippen molar-refractivity contribution < 1.29 is 28.9 Å². The molecule has 0 heterocycles. The molecule has 1 atom stereocenters. The van der Waals surface area contributed by atoms with Crippen LogP contribution in [0.2, 0.25) is 0 Å². The number of hydrogen-bond acceptors (Lipinski definition) is 6. The SMILES string of the molecule is CCCCOC(=O)N(CCCSc1ccccc1)CCOc1ccc(CC(OCC)C(=O)O)cc1. The number of unbranched alkanes of at least 4 members (excludes halogenated alkanes) is 1. The summed E-state index contributed by atoms with van der Waals surface area (Å²) in [6.45, 7) is 5.97. The topological polar surface area (TPSA) is 85.3 Å². The van der Waals surface area contributed by atoms with Crippen LogP contribution >= 0.6 is 11.8 Å². The molecule has 0 aliphatic heterocycles. The van der Waals surface area contributed by atoms with Crippen LogP contribution in [-0.4, -0.2) is 66.8 Å². The minimum absolute atomic E-state index is 0.293. The minimum Gasteiger partial charge on any atom is -0.492 e. The lowest BCUT2D eigenvalue weighted by molar-refractivity contribution is -0.149. The van der Waals surface area contributed by atoms with Crippen LogP contribution < -0.4 is 4.74 Å². The van der Waals surface area contributed by atoms with Crippen LogP contribution in [0.1, 0.15) is 38.7 Å². The van der Waals surface area contributed by atoms with E-state index < -0.39 is 12.1 Å². The van der Waals surface area contributed by atoms with Gasteiger partial charge in [-0.1, -0.05) is 43.7 Å². The molecule has 0 fully saturated rings. The van der Waals surface area contributed by atoms with Crippen molar-refractivity contribution in [2.45, 2.75) is 50.5 Å². The highest BCUT2D eigenvalue weighted by molar-refractivity contribution is 7.99. The van der Waals surface area contributed by atoms with Gasteiger partial charge in [-0.3, -0.25) is 0 Å². The van der Waals surface area contributed by atoms with E-state index in [-0.39, 0.29) is 6.09 Å². The van der Waals surface area contributed by atoms with E-state index in [9.17, 15) is 14.7 Å². The van der Waals surface area contributed by atoms with Crippen LogP contribution in [0, 0.1) is 0 Å². The van der Waals surface area contributed by atoms with Gasteiger partial charge in [-0.2, -0.15) is 0 Å². The summed E-state index contributed by atoms with van der Waals surface area (Å²) >= 11 is 1.77. The summed E-state index contributed by atoms with van der Waals surface area (Å²) in [4.78, 5) is 26.8. The van der Waals surface area contributed by atoms with E-state index in [1.54, 1.807) is 35.7 Å². The first-order valence-corrected chi connectivity index (χ1v) is 13.2. The van der Waals surface area contributed by atoms with Crippen molar-refractivity contribution in [3.63, 3.8) is 0 Å². The fourth-order valence-corrected chi connectivity index (χ4v) is 4.14. The van der Waals surface area contributed by atoms with Gasteiger partial charge in [0.1, 0.15) is 12.4 Å². The molecule has 1 amide bonds. The van der Waals surface area contributed by atoms with Crippen LogP contribution in [0.15, 0.2) is 59.5 Å². The summed E-state index contributed by atoms with van der Waals surface area (Å²) in [5.41, 5.74) is 0.857. The summed E-state index contributed by atoms with van der Waals surface area (Å²) in [7, 11) is 0. The number of thioether (sulfide) groups is 1. The molecule has 2 aromatic rings. The second-order valence-corrected chi connectivity index (χ2v) is 9.12. The molecule has 1 unspecified atom stereocenters. The van der Waals surface area contributed by atoms with Gasteiger partial charge in [0, 0.05) is 24.5 Å². The molecular weight excluding hydrogens is 466 g/mol. The first kappa shape index (κ1) is 28.5. The first-order chi connectivity index (χ1) is 17.0. The van der Waals surface area contributed by atoms with Gasteiger partial charge in [-0.15, -0.1) is 11.8 Å². The van der Waals surface area contributed by atoms with Gasteiger partial charge >= 0.3 is 12.1 Å². The van der Waals surface area contributed by atoms with Gasteiger partial charge in [0.05, 0.1) is 13.2 Å². The van der Waals surface area contributed by atoms with Gasteiger partial charge in [0.25, 0.3) is 0 Å². The lowest BCUT2D eigenvalue weighted by Gasteiger charge is -2.22. The number of hydrogen-bond donors (Lipinski definition) is 1. The molecule has 0 aromatic heterocycles. The lowest BCUT2D eigenvalue weighted by atomic mass is 10.1. The van der Waals surface area contributed by atoms with Crippen LogP contribution in [0.3, 0.4) is 0 Å². The number of amides is 1. The molecule has 0 saturated carbocycles. The molecule has 2 aromatic carbocycles. The summed E-state index contributed by atoms with van der Waals surface area (Å²) in [5, 5.41) is 9.24. The number of carbonyl (C=O) groups excluding carboxylic acids is 1. The molecule has 35 heavy (non-hydrogen) atoms. The minimum atomic E-state index is -0.972. The number of carbonyl (C=O) groups is 2. The highest BCUT2D eigenvalue weighted by atomic mass is 32.2. The largest absolute Gasteiger partial charge is 0.492 e. The zero-order chi connectivity index (χ0) is 25.3. The van der Waals surface area contributed by atoms with Crippen molar-refractivity contribution >= 4 is 23.8 Å². The number of aliphatic carboxylic acids is 1. The number of carboxylic acid groups (broad SMARTS) is 1. The maximum Gasteiger partial charge on any atom is 0.409 e. The second-order valence-electron chi connectivity index (χ2n) is 7.95. The number of nitrogens with zero attached hydrogens (tertiary/aromatic N) is 1. The third-order valence-corrected chi connectivity index (χ3v) is 6.28. The molecule has 2 rings (SSSR count). The molecule has 0 aliphatic carbocycles. The van der Waals surface area contributed by atoms with Gasteiger partial charge < -0.3 is 24.2 Å². The average molecular weight is 504 g/mol. The third kappa shape index (κ3) is 11.5. The third-order valence-electron chi connectivity index (χ3n) is 5.18. The summed E-state index contributed by atoms with van der Waals surface area (Å²) < 4.78 is 16.5. The fourth-order valence-electron chi connectivity index (χ4n) is 3.28. The van der Waals surface area contributed by atoms with Crippen LogP contribution in [0.25, 0.3) is 0 Å². The fraction of sp³-hybridized carbons (Fsp3) is 0.481. The Morgan fingerprint density at radius 3 is 2.37 bits per heavy atom. The summed E-state index contributed by atoms with van der Waals surface area (Å²) in [5.74, 6) is 0.598. The Morgan fingerprint density at radius 1 is 0.971 bits per heavy atom. The van der Waals surface area contributed by atoms with E-state index in [4.69, 9.17) is 14.2 Å². The molecule has 0 spiro atoms. The Balaban J connectivity index is 1.82. The first-order valence-electron chi connectivity index (χ1n) is 12.2. The average Bonchev–Trinajstić information content (AvgIpc) is 2.86. The smallest absolute Gasteiger partial charge is 0.409 e. The molecule has 192 valence electrons. The number of ether oxygens (including phenoxy) is 3. The van der Waals surface area contributed by atoms with Gasteiger partial charge in [0.15, 0.2) is 6.10 Å². The van der Waals surface area contributed by atoms with E-state index in [1.807, 2.05) is 30.3 Å². The number of benzene rings is 2. The Kier molecular flexibility index (Phi) is 13.7. The molecule has 0 bridgehead atoms. The highest BCUT2D eigenvalue weighted by Gasteiger charge is 2.18. The van der Waals surface area contributed by atoms with Crippen molar-refractivity contribution in [2.75, 3.05) is 38.7 Å². The Hall–Kier alpha value is -2.71. The Morgan fingerprint density at radius 2 is 1.71 bits per heavy atom. The molecule has 7 nitrogen and oxygen atoms in total. The zero-order valence-electron chi connectivity index (χ0n) is 20.7. The predicted octanol–water partition coefficient (Wildman–Crippen LogP) is 5.52. The quantitative estimate of drug-likeness (QED) is 0.225. The Labute approximate surface area is 212 Å². The van der Waals surface area contributed by atoms with E-state index in [1.165, 1.54) is 4.90 Å². The van der Waals surface area contributed by atoms with Gasteiger partial charge in [-0.25, -0.2) is 9.59 Å².